The Bertz CT molecular complexity index is 709. The predicted octanol–water partition coefficient (Wildman–Crippen LogP) is 5.70. The zero-order valence-electron chi connectivity index (χ0n) is 22.9. The summed E-state index contributed by atoms with van der Waals surface area (Å²) in [5.41, 5.74) is -1.11. The van der Waals surface area contributed by atoms with E-state index in [2.05, 4.69) is 29.7 Å². The Hall–Kier alpha value is -1.06. The SMILES string of the molecule is CCCCCCCC/C=C/CCCCCCCCNC(=O)CSCCC(=O)NC(C)(C)CS(=O)(=O)[O-]. The third kappa shape index (κ3) is 26.0. The molecule has 0 fully saturated rings. The predicted molar refractivity (Wildman–Crippen MR) is 151 cm³/mol. The molecule has 2 amide bonds. The van der Waals surface area contributed by atoms with Crippen LogP contribution in [-0.4, -0.2) is 54.1 Å². The van der Waals surface area contributed by atoms with Crippen LogP contribution in [0.3, 0.4) is 0 Å². The van der Waals surface area contributed by atoms with Gasteiger partial charge in [-0.2, -0.15) is 11.8 Å². The Kier molecular flexibility index (Phi) is 21.3. The number of carbonyl (C=O) groups excluding carboxylic acids is 2. The van der Waals surface area contributed by atoms with E-state index in [1.165, 1.54) is 103 Å². The van der Waals surface area contributed by atoms with E-state index in [9.17, 15) is 22.6 Å². The first kappa shape index (κ1) is 34.9. The van der Waals surface area contributed by atoms with Crippen molar-refractivity contribution in [1.29, 1.82) is 0 Å². The fraction of sp³-hybridized carbons (Fsp3) is 0.852. The summed E-state index contributed by atoms with van der Waals surface area (Å²) in [7, 11) is -4.42. The molecule has 0 radical (unpaired) electrons. The molecule has 0 aromatic rings. The van der Waals surface area contributed by atoms with Crippen molar-refractivity contribution in [2.75, 3.05) is 23.8 Å². The minimum absolute atomic E-state index is 0.0362. The zero-order valence-corrected chi connectivity index (χ0v) is 24.6. The second kappa shape index (κ2) is 22.0. The highest BCUT2D eigenvalue weighted by molar-refractivity contribution is 7.99. The molecule has 0 atom stereocenters. The molecule has 0 heterocycles. The maximum Gasteiger partial charge on any atom is 0.229 e. The summed E-state index contributed by atoms with van der Waals surface area (Å²) in [5.74, 6) is -0.282. The third-order valence-corrected chi connectivity index (χ3v) is 7.77. The number of amides is 2. The molecule has 36 heavy (non-hydrogen) atoms. The molecular formula is C27H51N2O5S2-. The largest absolute Gasteiger partial charge is 0.748 e. The van der Waals surface area contributed by atoms with E-state index in [0.717, 1.165) is 12.8 Å². The molecule has 0 saturated heterocycles. The molecule has 0 spiro atoms. The van der Waals surface area contributed by atoms with Crippen molar-refractivity contribution in [3.05, 3.63) is 12.2 Å². The molecule has 0 aliphatic rings. The van der Waals surface area contributed by atoms with E-state index < -0.39 is 21.4 Å². The number of carbonyl (C=O) groups is 2. The quantitative estimate of drug-likeness (QED) is 0.0909. The maximum atomic E-state index is 11.9. The summed E-state index contributed by atoms with van der Waals surface area (Å²) in [5, 5.41) is 5.47. The molecule has 7 nitrogen and oxygen atoms in total. The first-order valence-corrected chi connectivity index (χ1v) is 16.5. The van der Waals surface area contributed by atoms with Crippen LogP contribution >= 0.6 is 11.8 Å². The highest BCUT2D eigenvalue weighted by Gasteiger charge is 2.23. The van der Waals surface area contributed by atoms with E-state index >= 15 is 0 Å². The summed E-state index contributed by atoms with van der Waals surface area (Å²) in [4.78, 5) is 23.8. The van der Waals surface area contributed by atoms with Crippen LogP contribution in [0.1, 0.15) is 117 Å². The molecule has 0 aliphatic heterocycles. The van der Waals surface area contributed by atoms with Crippen LogP contribution in [0.4, 0.5) is 0 Å². The molecule has 0 aromatic heterocycles. The van der Waals surface area contributed by atoms with Gasteiger partial charge >= 0.3 is 0 Å². The molecule has 0 unspecified atom stereocenters. The van der Waals surface area contributed by atoms with Crippen LogP contribution < -0.4 is 10.6 Å². The highest BCUT2D eigenvalue weighted by Crippen LogP contribution is 2.10. The lowest BCUT2D eigenvalue weighted by Gasteiger charge is -2.27. The molecule has 0 aromatic carbocycles. The fourth-order valence-electron chi connectivity index (χ4n) is 3.90. The van der Waals surface area contributed by atoms with Crippen molar-refractivity contribution in [3.8, 4) is 0 Å². The van der Waals surface area contributed by atoms with E-state index in [-0.39, 0.29) is 24.0 Å². The fourth-order valence-corrected chi connectivity index (χ4v) is 5.62. The third-order valence-electron chi connectivity index (χ3n) is 5.73. The number of thioether (sulfide) groups is 1. The molecule has 9 heteroatoms. The smallest absolute Gasteiger partial charge is 0.229 e. The number of unbranched alkanes of at least 4 members (excludes halogenated alkanes) is 12. The van der Waals surface area contributed by atoms with Crippen LogP contribution in [-0.2, 0) is 19.7 Å². The lowest BCUT2D eigenvalue weighted by Crippen LogP contribution is -2.48. The lowest BCUT2D eigenvalue weighted by molar-refractivity contribution is -0.122. The number of hydrogen-bond acceptors (Lipinski definition) is 6. The first-order chi connectivity index (χ1) is 17.1. The van der Waals surface area contributed by atoms with Gasteiger partial charge in [0.1, 0.15) is 0 Å². The molecule has 0 bridgehead atoms. The van der Waals surface area contributed by atoms with Gasteiger partial charge in [-0.25, -0.2) is 8.42 Å². The van der Waals surface area contributed by atoms with Crippen molar-refractivity contribution in [3.63, 3.8) is 0 Å². The average Bonchev–Trinajstić information content (AvgIpc) is 2.76. The molecule has 2 N–H and O–H groups in total. The van der Waals surface area contributed by atoms with Gasteiger partial charge in [-0.1, -0.05) is 76.9 Å². The number of allylic oxidation sites excluding steroid dienone is 2. The van der Waals surface area contributed by atoms with Crippen LogP contribution in [0.2, 0.25) is 0 Å². The summed E-state index contributed by atoms with van der Waals surface area (Å²) < 4.78 is 32.6. The van der Waals surface area contributed by atoms with Gasteiger partial charge in [0.15, 0.2) is 0 Å². The summed E-state index contributed by atoms with van der Waals surface area (Å²) in [6.07, 6.45) is 22.5. The normalized spacial score (nSPS) is 12.2. The number of rotatable bonds is 24. The highest BCUT2D eigenvalue weighted by atomic mass is 32.2. The Labute approximate surface area is 225 Å². The molecule has 0 saturated carbocycles. The number of nitrogens with one attached hydrogen (secondary N) is 2. The Balaban J connectivity index is 3.50. The van der Waals surface area contributed by atoms with Crippen LogP contribution in [0.5, 0.6) is 0 Å². The first-order valence-electron chi connectivity index (χ1n) is 13.8. The average molecular weight is 548 g/mol. The summed E-state index contributed by atoms with van der Waals surface area (Å²) in [6, 6.07) is 0. The van der Waals surface area contributed by atoms with Gasteiger partial charge < -0.3 is 15.2 Å². The zero-order chi connectivity index (χ0) is 27.1. The monoisotopic (exact) mass is 547 g/mol. The second-order valence-electron chi connectivity index (χ2n) is 10.2. The van der Waals surface area contributed by atoms with Gasteiger partial charge in [-0.15, -0.1) is 0 Å². The van der Waals surface area contributed by atoms with Gasteiger partial charge in [0, 0.05) is 24.3 Å². The van der Waals surface area contributed by atoms with Crippen molar-refractivity contribution in [2.24, 2.45) is 0 Å². The molecule has 212 valence electrons. The van der Waals surface area contributed by atoms with E-state index in [0.29, 0.717) is 12.3 Å². The maximum absolute atomic E-state index is 11.9. The minimum Gasteiger partial charge on any atom is -0.748 e. The van der Waals surface area contributed by atoms with Gasteiger partial charge in [0.2, 0.25) is 11.8 Å². The Morgan fingerprint density at radius 1 is 0.833 bits per heavy atom. The van der Waals surface area contributed by atoms with Crippen LogP contribution in [0.15, 0.2) is 12.2 Å². The topological polar surface area (TPSA) is 115 Å². The van der Waals surface area contributed by atoms with Crippen LogP contribution in [0.25, 0.3) is 0 Å². The standard InChI is InChI=1S/C27H52N2O5S2/c1-4-5-6-7-8-9-10-11-12-13-14-15-16-17-18-19-21-28-26(31)23-35-22-20-25(30)29-27(2,3)24-36(32,33)34/h11-12H,4-10,13-24H2,1-3H3,(H,28,31)(H,29,30)(H,32,33,34)/p-1/b12-11+. The van der Waals surface area contributed by atoms with E-state index in [1.54, 1.807) is 0 Å². The Morgan fingerprint density at radius 3 is 1.92 bits per heavy atom. The van der Waals surface area contributed by atoms with Crippen molar-refractivity contribution in [1.82, 2.24) is 10.6 Å². The van der Waals surface area contributed by atoms with E-state index in [4.69, 9.17) is 0 Å². The number of hydrogen-bond donors (Lipinski definition) is 2. The van der Waals surface area contributed by atoms with E-state index in [1.807, 2.05) is 0 Å². The minimum atomic E-state index is -4.42. The summed E-state index contributed by atoms with van der Waals surface area (Å²) >= 11 is 1.36. The van der Waals surface area contributed by atoms with Crippen LogP contribution in [0, 0.1) is 0 Å². The summed E-state index contributed by atoms with van der Waals surface area (Å²) in [6.45, 7) is 5.93. The Morgan fingerprint density at radius 2 is 1.36 bits per heavy atom. The van der Waals surface area contributed by atoms with Crippen molar-refractivity contribution < 1.29 is 22.6 Å². The van der Waals surface area contributed by atoms with Gasteiger partial charge in [-0.05, 0) is 46.0 Å². The second-order valence-corrected chi connectivity index (χ2v) is 12.7. The molecular weight excluding hydrogens is 496 g/mol. The van der Waals surface area contributed by atoms with Crippen molar-refractivity contribution >= 4 is 33.7 Å². The van der Waals surface area contributed by atoms with Gasteiger partial charge in [0.05, 0.1) is 21.6 Å². The van der Waals surface area contributed by atoms with Crippen molar-refractivity contribution in [2.45, 2.75) is 123 Å². The molecule has 0 rings (SSSR count). The van der Waals surface area contributed by atoms with Gasteiger partial charge in [0.25, 0.3) is 0 Å². The van der Waals surface area contributed by atoms with Gasteiger partial charge in [-0.3, -0.25) is 9.59 Å². The lowest BCUT2D eigenvalue weighted by atomic mass is 10.1. The molecule has 0 aliphatic carbocycles.